The van der Waals surface area contributed by atoms with Gasteiger partial charge >= 0.3 is 5.16 Å². The van der Waals surface area contributed by atoms with Gasteiger partial charge in [-0.05, 0) is 24.3 Å². The fourth-order valence-electron chi connectivity index (χ4n) is 1.38. The van der Waals surface area contributed by atoms with Crippen molar-refractivity contribution >= 4 is 10.0 Å². The molecule has 2 aromatic heterocycles. The third-order valence-corrected chi connectivity index (χ3v) is 3.88. The van der Waals surface area contributed by atoms with Crippen LogP contribution in [0.1, 0.15) is 11.5 Å². The first kappa shape index (κ1) is 12.7. The molecule has 0 aliphatic carbocycles. The minimum absolute atomic E-state index is 0.119. The van der Waals surface area contributed by atoms with Crippen molar-refractivity contribution in [2.75, 3.05) is 7.05 Å². The van der Waals surface area contributed by atoms with E-state index in [1.165, 1.54) is 14.1 Å². The van der Waals surface area contributed by atoms with E-state index in [1.54, 1.807) is 19.1 Å². The van der Waals surface area contributed by atoms with Crippen LogP contribution in [-0.2, 0) is 23.6 Å². The minimum Gasteiger partial charge on any atom is -0.465 e. The van der Waals surface area contributed by atoms with Crippen molar-refractivity contribution in [2.45, 2.75) is 18.6 Å². The highest BCUT2D eigenvalue weighted by atomic mass is 32.2. The Morgan fingerprint density at radius 2 is 2.17 bits per heavy atom. The van der Waals surface area contributed by atoms with Crippen LogP contribution in [-0.4, -0.2) is 40.0 Å². The Morgan fingerprint density at radius 3 is 2.67 bits per heavy atom. The van der Waals surface area contributed by atoms with E-state index in [1.807, 2.05) is 0 Å². The summed E-state index contributed by atoms with van der Waals surface area (Å²) in [6.45, 7) is 1.91. The average Bonchev–Trinajstić information content (AvgIpc) is 2.88. The number of aryl methyl sites for hydroxylation is 2. The second kappa shape index (κ2) is 4.50. The van der Waals surface area contributed by atoms with Gasteiger partial charge in [0.2, 0.25) is 0 Å². The van der Waals surface area contributed by atoms with Crippen LogP contribution in [0.3, 0.4) is 0 Å². The number of nitrogens with zero attached hydrogens (tertiary/aromatic N) is 5. The molecule has 2 rings (SSSR count). The number of aromatic nitrogens is 4. The van der Waals surface area contributed by atoms with Crippen LogP contribution in [0.25, 0.3) is 0 Å². The summed E-state index contributed by atoms with van der Waals surface area (Å²) in [7, 11) is -0.803. The Hall–Kier alpha value is -1.74. The molecule has 0 bridgehead atoms. The molecule has 0 aromatic carbocycles. The molecule has 0 saturated heterocycles. The molecule has 0 radical (unpaired) electrons. The lowest BCUT2D eigenvalue weighted by atomic mass is 10.4. The van der Waals surface area contributed by atoms with Crippen molar-refractivity contribution in [3.63, 3.8) is 0 Å². The fourth-order valence-corrected chi connectivity index (χ4v) is 2.32. The van der Waals surface area contributed by atoms with Crippen molar-refractivity contribution in [1.82, 2.24) is 24.5 Å². The molecule has 9 heteroatoms. The second-order valence-electron chi connectivity index (χ2n) is 3.83. The Kier molecular flexibility index (Phi) is 3.18. The Balaban J connectivity index is 2.20. The monoisotopic (exact) mass is 271 g/mol. The van der Waals surface area contributed by atoms with Crippen molar-refractivity contribution < 1.29 is 12.8 Å². The SMILES string of the molecule is Cc1ccc(CN(C)S(=O)(=O)c2nnn(C)n2)o1. The van der Waals surface area contributed by atoms with Crippen LogP contribution in [0.2, 0.25) is 0 Å². The van der Waals surface area contributed by atoms with E-state index in [2.05, 4.69) is 15.4 Å². The molecule has 98 valence electrons. The van der Waals surface area contributed by atoms with Gasteiger partial charge in [0.25, 0.3) is 10.0 Å². The smallest absolute Gasteiger partial charge is 0.303 e. The molecule has 2 aromatic rings. The third-order valence-electron chi connectivity index (χ3n) is 2.31. The van der Waals surface area contributed by atoms with Gasteiger partial charge in [-0.1, -0.05) is 5.10 Å². The maximum absolute atomic E-state index is 12.1. The second-order valence-corrected chi connectivity index (χ2v) is 5.77. The van der Waals surface area contributed by atoms with E-state index in [-0.39, 0.29) is 11.7 Å². The van der Waals surface area contributed by atoms with E-state index >= 15 is 0 Å². The van der Waals surface area contributed by atoms with E-state index < -0.39 is 10.0 Å². The molecule has 0 unspecified atom stereocenters. The first-order valence-electron chi connectivity index (χ1n) is 5.15. The van der Waals surface area contributed by atoms with Crippen molar-refractivity contribution in [3.8, 4) is 0 Å². The lowest BCUT2D eigenvalue weighted by Crippen LogP contribution is -2.27. The van der Waals surface area contributed by atoms with Gasteiger partial charge in [-0.15, -0.1) is 5.10 Å². The molecule has 0 amide bonds. The number of furan rings is 1. The lowest BCUT2D eigenvalue weighted by molar-refractivity contribution is 0.394. The molecule has 0 saturated carbocycles. The molecule has 8 nitrogen and oxygen atoms in total. The minimum atomic E-state index is -3.74. The number of sulfonamides is 1. The fraction of sp³-hybridized carbons (Fsp3) is 0.444. The molecule has 0 spiro atoms. The predicted octanol–water partition coefficient (Wildman–Crippen LogP) is -0.0678. The van der Waals surface area contributed by atoms with E-state index in [4.69, 9.17) is 4.42 Å². The maximum atomic E-state index is 12.1. The van der Waals surface area contributed by atoms with Crippen LogP contribution in [0.4, 0.5) is 0 Å². The Labute approximate surface area is 104 Å². The van der Waals surface area contributed by atoms with Crippen molar-refractivity contribution in [1.29, 1.82) is 0 Å². The summed E-state index contributed by atoms with van der Waals surface area (Å²) < 4.78 is 30.6. The molecular weight excluding hydrogens is 258 g/mol. The number of hydrogen-bond acceptors (Lipinski definition) is 6. The number of hydrogen-bond donors (Lipinski definition) is 0. The van der Waals surface area contributed by atoms with Gasteiger partial charge in [-0.3, -0.25) is 0 Å². The Bertz CT molecular complexity index is 645. The number of tetrazole rings is 1. The summed E-state index contributed by atoms with van der Waals surface area (Å²) in [6.07, 6.45) is 0. The van der Waals surface area contributed by atoms with Gasteiger partial charge in [0.05, 0.1) is 13.6 Å². The topological polar surface area (TPSA) is 94.1 Å². The van der Waals surface area contributed by atoms with E-state index in [9.17, 15) is 8.42 Å². The molecule has 0 aliphatic heterocycles. The van der Waals surface area contributed by atoms with Crippen LogP contribution in [0.5, 0.6) is 0 Å². The molecule has 0 aliphatic rings. The first-order chi connectivity index (χ1) is 8.39. The summed E-state index contributed by atoms with van der Waals surface area (Å²) >= 11 is 0. The zero-order valence-electron chi connectivity index (χ0n) is 10.2. The normalized spacial score (nSPS) is 12.2. The lowest BCUT2D eigenvalue weighted by Gasteiger charge is -2.12. The highest BCUT2D eigenvalue weighted by molar-refractivity contribution is 7.88. The van der Waals surface area contributed by atoms with Crippen LogP contribution in [0.15, 0.2) is 21.7 Å². The van der Waals surface area contributed by atoms with Crippen LogP contribution in [0, 0.1) is 6.92 Å². The zero-order valence-corrected chi connectivity index (χ0v) is 11.0. The summed E-state index contributed by atoms with van der Waals surface area (Å²) in [5, 5.41) is 10.4. The van der Waals surface area contributed by atoms with Crippen LogP contribution < -0.4 is 0 Å². The van der Waals surface area contributed by atoms with Gasteiger partial charge in [-0.25, -0.2) is 8.42 Å². The summed E-state index contributed by atoms with van der Waals surface area (Å²) in [5.74, 6) is 1.29. The van der Waals surface area contributed by atoms with Gasteiger partial charge in [-0.2, -0.15) is 9.10 Å². The van der Waals surface area contributed by atoms with Gasteiger partial charge < -0.3 is 4.42 Å². The maximum Gasteiger partial charge on any atom is 0.303 e. The van der Waals surface area contributed by atoms with Gasteiger partial charge in [0.15, 0.2) is 0 Å². The van der Waals surface area contributed by atoms with Gasteiger partial charge in [0, 0.05) is 7.05 Å². The molecule has 0 fully saturated rings. The highest BCUT2D eigenvalue weighted by Crippen LogP contribution is 2.14. The summed E-state index contributed by atoms with van der Waals surface area (Å²) in [6, 6.07) is 3.50. The predicted molar refractivity (Wildman–Crippen MR) is 60.9 cm³/mol. The molecule has 0 atom stereocenters. The quantitative estimate of drug-likeness (QED) is 0.772. The Morgan fingerprint density at radius 1 is 1.44 bits per heavy atom. The van der Waals surface area contributed by atoms with E-state index in [0.29, 0.717) is 5.76 Å². The first-order valence-corrected chi connectivity index (χ1v) is 6.59. The van der Waals surface area contributed by atoms with Crippen LogP contribution >= 0.6 is 0 Å². The largest absolute Gasteiger partial charge is 0.465 e. The summed E-state index contributed by atoms with van der Waals surface area (Å²) in [4.78, 5) is 1.10. The third kappa shape index (κ3) is 2.41. The van der Waals surface area contributed by atoms with E-state index in [0.717, 1.165) is 14.9 Å². The van der Waals surface area contributed by atoms with Crippen molar-refractivity contribution in [2.24, 2.45) is 7.05 Å². The standard InChI is InChI=1S/C9H13N5O3S/c1-7-4-5-8(17-7)6-13(2)18(15,16)9-10-12-14(3)11-9/h4-5H,6H2,1-3H3. The molecule has 2 heterocycles. The zero-order chi connectivity index (χ0) is 13.3. The summed E-state index contributed by atoms with van der Waals surface area (Å²) in [5.41, 5.74) is 0. The van der Waals surface area contributed by atoms with Gasteiger partial charge in [0.1, 0.15) is 11.5 Å². The average molecular weight is 271 g/mol. The molecule has 18 heavy (non-hydrogen) atoms. The molecular formula is C9H13N5O3S. The highest BCUT2D eigenvalue weighted by Gasteiger charge is 2.26. The molecule has 0 N–H and O–H groups in total. The number of rotatable bonds is 4. The van der Waals surface area contributed by atoms with Crippen molar-refractivity contribution in [3.05, 3.63) is 23.7 Å².